The molecule has 0 saturated heterocycles. The number of rotatable bonds is 9. The second-order valence-electron chi connectivity index (χ2n) is 5.67. The van der Waals surface area contributed by atoms with Crippen molar-refractivity contribution in [3.8, 4) is 11.5 Å². The molecule has 0 bridgehead atoms. The van der Waals surface area contributed by atoms with E-state index >= 15 is 0 Å². The molecular weight excluding hydrogens is 426 g/mol. The molecule has 0 radical (unpaired) electrons. The van der Waals surface area contributed by atoms with Gasteiger partial charge in [0.1, 0.15) is 6.17 Å². The van der Waals surface area contributed by atoms with Crippen LogP contribution in [-0.2, 0) is 9.59 Å². The van der Waals surface area contributed by atoms with Crippen molar-refractivity contribution >= 4 is 58.2 Å². The fraction of sp³-hybridized carbons (Fsp3) is 0.500. The molecule has 1 aromatic carbocycles. The van der Waals surface area contributed by atoms with Crippen molar-refractivity contribution in [1.29, 1.82) is 0 Å². The standard InChI is InChI=1S/C16H20Cl4N2O4/c1-8(2)7-26-10-5-4-9(6-11(10)25-3)14(21-15(23)12(17)18)22-16(24)13(19)20/h4-6,8,12-14H,7H2,1-3H3,(H,21,23)(H,22,24). The Morgan fingerprint density at radius 2 is 1.54 bits per heavy atom. The molecule has 0 heterocycles. The van der Waals surface area contributed by atoms with Crippen molar-refractivity contribution in [2.45, 2.75) is 29.7 Å². The van der Waals surface area contributed by atoms with Crippen LogP contribution in [0.5, 0.6) is 11.5 Å². The third-order valence-electron chi connectivity index (χ3n) is 3.06. The molecule has 0 aromatic heterocycles. The molecule has 2 amide bonds. The highest BCUT2D eigenvalue weighted by atomic mass is 35.5. The number of amides is 2. The third-order valence-corrected chi connectivity index (χ3v) is 3.86. The number of carbonyl (C=O) groups excluding carboxylic acids is 2. The van der Waals surface area contributed by atoms with Crippen LogP contribution in [0.2, 0.25) is 0 Å². The van der Waals surface area contributed by atoms with Gasteiger partial charge in [0.25, 0.3) is 11.8 Å². The van der Waals surface area contributed by atoms with Gasteiger partial charge in [-0.15, -0.1) is 0 Å². The maximum absolute atomic E-state index is 11.8. The van der Waals surface area contributed by atoms with Crippen LogP contribution in [0, 0.1) is 5.92 Å². The zero-order valence-corrected chi connectivity index (χ0v) is 17.4. The van der Waals surface area contributed by atoms with Crippen molar-refractivity contribution in [3.05, 3.63) is 23.8 Å². The first-order valence-electron chi connectivity index (χ1n) is 7.63. The van der Waals surface area contributed by atoms with Gasteiger partial charge in [-0.25, -0.2) is 0 Å². The van der Waals surface area contributed by atoms with E-state index in [0.717, 1.165) is 0 Å². The SMILES string of the molecule is COc1cc(C(NC(=O)C(Cl)Cl)NC(=O)C(Cl)Cl)ccc1OCC(C)C. The highest BCUT2D eigenvalue weighted by molar-refractivity contribution is 6.54. The summed E-state index contributed by atoms with van der Waals surface area (Å²) in [4.78, 5) is 21.0. The monoisotopic (exact) mass is 444 g/mol. The van der Waals surface area contributed by atoms with E-state index in [1.807, 2.05) is 13.8 Å². The van der Waals surface area contributed by atoms with Crippen molar-refractivity contribution in [2.75, 3.05) is 13.7 Å². The fourth-order valence-corrected chi connectivity index (χ4v) is 2.10. The van der Waals surface area contributed by atoms with E-state index in [2.05, 4.69) is 10.6 Å². The van der Waals surface area contributed by atoms with Crippen LogP contribution in [0.3, 0.4) is 0 Å². The van der Waals surface area contributed by atoms with Gasteiger partial charge in [0.15, 0.2) is 21.2 Å². The van der Waals surface area contributed by atoms with Gasteiger partial charge < -0.3 is 20.1 Å². The first kappa shape index (κ1) is 23.0. The van der Waals surface area contributed by atoms with Crippen molar-refractivity contribution in [3.63, 3.8) is 0 Å². The van der Waals surface area contributed by atoms with E-state index in [1.165, 1.54) is 7.11 Å². The summed E-state index contributed by atoms with van der Waals surface area (Å²) >= 11 is 22.2. The minimum Gasteiger partial charge on any atom is -0.493 e. The number of carbonyl (C=O) groups is 2. The summed E-state index contributed by atoms with van der Waals surface area (Å²) in [7, 11) is 1.48. The van der Waals surface area contributed by atoms with Crippen LogP contribution in [0.1, 0.15) is 25.6 Å². The number of benzene rings is 1. The van der Waals surface area contributed by atoms with Crippen LogP contribution >= 0.6 is 46.4 Å². The van der Waals surface area contributed by atoms with Gasteiger partial charge in [-0.1, -0.05) is 66.3 Å². The Bertz CT molecular complexity index is 604. The summed E-state index contributed by atoms with van der Waals surface area (Å²) in [5, 5.41) is 4.98. The first-order chi connectivity index (χ1) is 12.1. The lowest BCUT2D eigenvalue weighted by Gasteiger charge is -2.22. The zero-order valence-electron chi connectivity index (χ0n) is 14.4. The lowest BCUT2D eigenvalue weighted by Crippen LogP contribution is -2.44. The summed E-state index contributed by atoms with van der Waals surface area (Å²) in [5.41, 5.74) is 0.489. The average Bonchev–Trinajstić information content (AvgIpc) is 2.58. The number of ether oxygens (including phenoxy) is 2. The van der Waals surface area contributed by atoms with Crippen LogP contribution in [0.25, 0.3) is 0 Å². The molecule has 6 nitrogen and oxygen atoms in total. The van der Waals surface area contributed by atoms with Crippen molar-refractivity contribution in [2.24, 2.45) is 5.92 Å². The minimum absolute atomic E-state index is 0.333. The molecule has 1 aromatic rings. The molecule has 10 heteroatoms. The normalized spacial score (nSPS) is 11.2. The Kier molecular flexibility index (Phi) is 9.64. The second kappa shape index (κ2) is 10.9. The number of hydrogen-bond donors (Lipinski definition) is 2. The number of alkyl halides is 4. The Morgan fingerprint density at radius 1 is 1.00 bits per heavy atom. The Balaban J connectivity index is 3.10. The highest BCUT2D eigenvalue weighted by Gasteiger charge is 2.24. The van der Waals surface area contributed by atoms with Crippen LogP contribution in [0.15, 0.2) is 18.2 Å². The molecule has 0 atom stereocenters. The molecule has 0 aliphatic rings. The third kappa shape index (κ3) is 7.27. The van der Waals surface area contributed by atoms with Gasteiger partial charge >= 0.3 is 0 Å². The van der Waals surface area contributed by atoms with E-state index in [4.69, 9.17) is 55.9 Å². The van der Waals surface area contributed by atoms with E-state index in [9.17, 15) is 9.59 Å². The predicted molar refractivity (Wildman–Crippen MR) is 103 cm³/mol. The predicted octanol–water partition coefficient (Wildman–Crippen LogP) is 3.57. The average molecular weight is 446 g/mol. The van der Waals surface area contributed by atoms with Gasteiger partial charge in [0, 0.05) is 0 Å². The van der Waals surface area contributed by atoms with Gasteiger partial charge in [0.05, 0.1) is 13.7 Å². The van der Waals surface area contributed by atoms with E-state index < -0.39 is 27.7 Å². The van der Waals surface area contributed by atoms with E-state index in [-0.39, 0.29) is 0 Å². The topological polar surface area (TPSA) is 76.7 Å². The molecule has 0 aliphatic heterocycles. The molecule has 1 rings (SSSR count). The fourth-order valence-electron chi connectivity index (χ4n) is 1.85. The maximum Gasteiger partial charge on any atom is 0.255 e. The molecule has 0 saturated carbocycles. The smallest absolute Gasteiger partial charge is 0.255 e. The molecule has 26 heavy (non-hydrogen) atoms. The van der Waals surface area contributed by atoms with Gasteiger partial charge in [0.2, 0.25) is 0 Å². The van der Waals surface area contributed by atoms with E-state index in [1.54, 1.807) is 18.2 Å². The molecule has 0 unspecified atom stereocenters. The second-order valence-corrected chi connectivity index (χ2v) is 7.86. The van der Waals surface area contributed by atoms with Crippen molar-refractivity contribution in [1.82, 2.24) is 10.6 Å². The molecular formula is C16H20Cl4N2O4. The van der Waals surface area contributed by atoms with Crippen LogP contribution in [-0.4, -0.2) is 35.2 Å². The van der Waals surface area contributed by atoms with Gasteiger partial charge in [-0.2, -0.15) is 0 Å². The Labute approximate surface area is 172 Å². The lowest BCUT2D eigenvalue weighted by atomic mass is 10.1. The van der Waals surface area contributed by atoms with Crippen LogP contribution in [0.4, 0.5) is 0 Å². The summed E-state index contributed by atoms with van der Waals surface area (Å²) in [6.45, 7) is 4.55. The van der Waals surface area contributed by atoms with Gasteiger partial charge in [-0.3, -0.25) is 9.59 Å². The maximum atomic E-state index is 11.8. The Hall–Kier alpha value is -1.08. The lowest BCUT2D eigenvalue weighted by molar-refractivity contribution is -0.122. The number of nitrogens with one attached hydrogen (secondary N) is 2. The molecule has 0 spiro atoms. The largest absolute Gasteiger partial charge is 0.493 e. The minimum atomic E-state index is -1.31. The summed E-state index contributed by atoms with van der Waals surface area (Å²) in [6.07, 6.45) is -0.969. The van der Waals surface area contributed by atoms with E-state index in [0.29, 0.717) is 29.6 Å². The molecule has 0 fully saturated rings. The summed E-state index contributed by atoms with van der Waals surface area (Å²) in [6, 6.07) is 4.92. The van der Waals surface area contributed by atoms with Crippen LogP contribution < -0.4 is 20.1 Å². The molecule has 146 valence electrons. The number of halogens is 4. The number of hydrogen-bond acceptors (Lipinski definition) is 4. The number of methoxy groups -OCH3 is 1. The van der Waals surface area contributed by atoms with Crippen molar-refractivity contribution < 1.29 is 19.1 Å². The quantitative estimate of drug-likeness (QED) is 0.450. The molecule has 2 N–H and O–H groups in total. The molecule has 0 aliphatic carbocycles. The summed E-state index contributed by atoms with van der Waals surface area (Å²) in [5.74, 6) is -0.101. The highest BCUT2D eigenvalue weighted by Crippen LogP contribution is 2.30. The zero-order chi connectivity index (χ0) is 19.9. The first-order valence-corrected chi connectivity index (χ1v) is 9.38. The Morgan fingerprint density at radius 3 is 1.96 bits per heavy atom. The summed E-state index contributed by atoms with van der Waals surface area (Å²) < 4.78 is 11.0. The van der Waals surface area contributed by atoms with Gasteiger partial charge in [-0.05, 0) is 23.6 Å².